The van der Waals surface area contributed by atoms with Crippen LogP contribution in [0.4, 0.5) is 0 Å². The Bertz CT molecular complexity index is 613. The molecule has 0 amide bonds. The van der Waals surface area contributed by atoms with E-state index < -0.39 is 0 Å². The average Bonchev–Trinajstić information content (AvgIpc) is 2.89. The highest BCUT2D eigenvalue weighted by atomic mass is 79.9. The predicted molar refractivity (Wildman–Crippen MR) is 71.4 cm³/mol. The van der Waals surface area contributed by atoms with Crippen LogP contribution >= 0.6 is 27.7 Å². The lowest BCUT2D eigenvalue weighted by Gasteiger charge is -2.05. The fraction of sp³-hybridized carbons (Fsp3) is 0.167. The molecule has 3 rings (SSSR count). The van der Waals surface area contributed by atoms with E-state index in [0.717, 1.165) is 38.6 Å². The van der Waals surface area contributed by atoms with Gasteiger partial charge >= 0.3 is 0 Å². The maximum Gasteiger partial charge on any atom is 0.102 e. The van der Waals surface area contributed by atoms with E-state index in [0.29, 0.717) is 0 Å². The number of rotatable bonds is 1. The highest BCUT2D eigenvalue weighted by molar-refractivity contribution is 9.10. The van der Waals surface area contributed by atoms with Gasteiger partial charge in [0.15, 0.2) is 0 Å². The van der Waals surface area contributed by atoms with E-state index in [1.54, 1.807) is 6.20 Å². The van der Waals surface area contributed by atoms with Gasteiger partial charge in [-0.25, -0.2) is 0 Å². The molecular formula is C12H8BrN3S. The van der Waals surface area contributed by atoms with E-state index in [2.05, 4.69) is 31.6 Å². The standard InChI is InChI=1S/C12H8BrN3S/c13-11-9(4-14)10-6-17-7-16(10)12(11)8-2-1-3-15-5-8/h1-3,5H,6-7H2. The van der Waals surface area contributed by atoms with E-state index >= 15 is 0 Å². The van der Waals surface area contributed by atoms with Gasteiger partial charge in [-0.2, -0.15) is 5.26 Å². The van der Waals surface area contributed by atoms with Crippen LogP contribution in [0.25, 0.3) is 11.3 Å². The fourth-order valence-corrected chi connectivity index (χ4v) is 3.87. The summed E-state index contributed by atoms with van der Waals surface area (Å²) >= 11 is 5.37. The molecule has 0 spiro atoms. The molecule has 1 aliphatic rings. The summed E-state index contributed by atoms with van der Waals surface area (Å²) in [6, 6.07) is 6.22. The molecule has 0 bridgehead atoms. The summed E-state index contributed by atoms with van der Waals surface area (Å²) in [4.78, 5) is 4.14. The van der Waals surface area contributed by atoms with Gasteiger partial charge in [0.2, 0.25) is 0 Å². The van der Waals surface area contributed by atoms with Crippen molar-refractivity contribution in [2.45, 2.75) is 11.6 Å². The minimum absolute atomic E-state index is 0.758. The molecule has 0 saturated heterocycles. The largest absolute Gasteiger partial charge is 0.332 e. The van der Waals surface area contributed by atoms with Crippen molar-refractivity contribution in [1.82, 2.24) is 9.55 Å². The normalized spacial score (nSPS) is 13.4. The summed E-state index contributed by atoms with van der Waals surface area (Å²) in [5.74, 6) is 1.81. The van der Waals surface area contributed by atoms with Crippen molar-refractivity contribution in [1.29, 1.82) is 5.26 Å². The van der Waals surface area contributed by atoms with Gasteiger partial charge in [-0.15, -0.1) is 11.8 Å². The van der Waals surface area contributed by atoms with Gasteiger partial charge in [-0.05, 0) is 28.1 Å². The number of fused-ring (bicyclic) bond motifs is 1. The molecule has 3 nitrogen and oxygen atoms in total. The van der Waals surface area contributed by atoms with Crippen LogP contribution in [0, 0.1) is 11.3 Å². The third-order valence-corrected chi connectivity index (χ3v) is 4.51. The molecule has 0 fully saturated rings. The summed E-state index contributed by atoms with van der Waals surface area (Å²) in [6.07, 6.45) is 3.59. The molecule has 5 heteroatoms. The van der Waals surface area contributed by atoms with Gasteiger partial charge in [0.25, 0.3) is 0 Å². The number of hydrogen-bond acceptors (Lipinski definition) is 3. The van der Waals surface area contributed by atoms with E-state index in [1.165, 1.54) is 0 Å². The second-order valence-corrected chi connectivity index (χ2v) is 5.49. The number of halogens is 1. The molecule has 3 heterocycles. The zero-order chi connectivity index (χ0) is 11.8. The number of aromatic nitrogens is 2. The third-order valence-electron chi connectivity index (χ3n) is 2.82. The molecule has 0 saturated carbocycles. The quantitative estimate of drug-likeness (QED) is 0.811. The SMILES string of the molecule is N#Cc1c(Br)c(-c2cccnc2)n2c1CSC2. The van der Waals surface area contributed by atoms with Crippen LogP contribution in [0.3, 0.4) is 0 Å². The number of nitrogens with zero attached hydrogens (tertiary/aromatic N) is 3. The van der Waals surface area contributed by atoms with Crippen LogP contribution < -0.4 is 0 Å². The number of nitriles is 1. The molecular weight excluding hydrogens is 298 g/mol. The Balaban J connectivity index is 2.29. The zero-order valence-electron chi connectivity index (χ0n) is 8.85. The van der Waals surface area contributed by atoms with E-state index in [4.69, 9.17) is 0 Å². The van der Waals surface area contributed by atoms with Crippen molar-refractivity contribution < 1.29 is 0 Å². The Kier molecular flexibility index (Phi) is 2.69. The summed E-state index contributed by atoms with van der Waals surface area (Å²) in [6.45, 7) is 0. The lowest BCUT2D eigenvalue weighted by atomic mass is 10.2. The van der Waals surface area contributed by atoms with Gasteiger partial charge in [0.05, 0.1) is 21.6 Å². The highest BCUT2D eigenvalue weighted by Gasteiger charge is 2.25. The van der Waals surface area contributed by atoms with Crippen LogP contribution in [-0.2, 0) is 11.6 Å². The third kappa shape index (κ3) is 1.60. The Morgan fingerprint density at radius 1 is 1.53 bits per heavy atom. The first-order valence-electron chi connectivity index (χ1n) is 5.12. The minimum Gasteiger partial charge on any atom is -0.332 e. The molecule has 0 aliphatic carbocycles. The van der Waals surface area contributed by atoms with Crippen LogP contribution in [0.5, 0.6) is 0 Å². The smallest absolute Gasteiger partial charge is 0.102 e. The maximum atomic E-state index is 9.22. The lowest BCUT2D eigenvalue weighted by Crippen LogP contribution is -1.95. The van der Waals surface area contributed by atoms with Gasteiger partial charge in [-0.3, -0.25) is 4.98 Å². The first-order valence-corrected chi connectivity index (χ1v) is 7.07. The summed E-state index contributed by atoms with van der Waals surface area (Å²) in [5.41, 5.74) is 3.98. The van der Waals surface area contributed by atoms with E-state index in [-0.39, 0.29) is 0 Å². The van der Waals surface area contributed by atoms with Crippen LogP contribution in [0.2, 0.25) is 0 Å². The molecule has 0 N–H and O–H groups in total. The van der Waals surface area contributed by atoms with Crippen molar-refractivity contribution in [2.24, 2.45) is 0 Å². The number of pyridine rings is 1. The minimum atomic E-state index is 0.758. The molecule has 17 heavy (non-hydrogen) atoms. The number of hydrogen-bond donors (Lipinski definition) is 0. The Morgan fingerprint density at radius 2 is 2.41 bits per heavy atom. The Hall–Kier alpha value is -1.25. The average molecular weight is 306 g/mol. The molecule has 2 aromatic rings. The monoisotopic (exact) mass is 305 g/mol. The van der Waals surface area contributed by atoms with Gasteiger partial charge in [-0.1, -0.05) is 0 Å². The second kappa shape index (κ2) is 4.21. The number of thioether (sulfide) groups is 1. The Morgan fingerprint density at radius 3 is 3.12 bits per heavy atom. The van der Waals surface area contributed by atoms with Crippen LogP contribution in [0.1, 0.15) is 11.3 Å². The molecule has 84 valence electrons. The van der Waals surface area contributed by atoms with Crippen molar-refractivity contribution >= 4 is 27.7 Å². The van der Waals surface area contributed by atoms with Crippen LogP contribution in [-0.4, -0.2) is 9.55 Å². The van der Waals surface area contributed by atoms with E-state index in [9.17, 15) is 5.26 Å². The second-order valence-electron chi connectivity index (χ2n) is 3.74. The zero-order valence-corrected chi connectivity index (χ0v) is 11.3. The molecule has 0 unspecified atom stereocenters. The first-order chi connectivity index (χ1) is 8.33. The molecule has 2 aromatic heterocycles. The van der Waals surface area contributed by atoms with Gasteiger partial charge < -0.3 is 4.57 Å². The van der Waals surface area contributed by atoms with Crippen molar-refractivity contribution in [3.8, 4) is 17.3 Å². The summed E-state index contributed by atoms with van der Waals surface area (Å²) < 4.78 is 3.09. The predicted octanol–water partition coefficient (Wildman–Crippen LogP) is 3.39. The van der Waals surface area contributed by atoms with Crippen molar-refractivity contribution in [2.75, 3.05) is 0 Å². The molecule has 0 radical (unpaired) electrons. The maximum absolute atomic E-state index is 9.22. The fourth-order valence-electron chi connectivity index (χ4n) is 2.06. The summed E-state index contributed by atoms with van der Waals surface area (Å²) in [5, 5.41) is 9.22. The topological polar surface area (TPSA) is 41.6 Å². The van der Waals surface area contributed by atoms with Gasteiger partial charge in [0.1, 0.15) is 6.07 Å². The van der Waals surface area contributed by atoms with Crippen molar-refractivity contribution in [3.05, 3.63) is 40.3 Å². The molecule has 0 aromatic carbocycles. The van der Waals surface area contributed by atoms with Crippen LogP contribution in [0.15, 0.2) is 29.0 Å². The molecule has 1 aliphatic heterocycles. The Labute approximate surface area is 112 Å². The highest BCUT2D eigenvalue weighted by Crippen LogP contribution is 2.41. The van der Waals surface area contributed by atoms with Crippen molar-refractivity contribution in [3.63, 3.8) is 0 Å². The first kappa shape index (κ1) is 10.9. The molecule has 0 atom stereocenters. The van der Waals surface area contributed by atoms with E-state index in [1.807, 2.05) is 30.1 Å². The summed E-state index contributed by atoms with van der Waals surface area (Å²) in [7, 11) is 0. The van der Waals surface area contributed by atoms with Gasteiger partial charge in [0, 0.05) is 29.4 Å². The lowest BCUT2D eigenvalue weighted by molar-refractivity contribution is 0.893.